The Balaban J connectivity index is 2.96. The fourth-order valence-corrected chi connectivity index (χ4v) is 3.44. The lowest BCUT2D eigenvalue weighted by Gasteiger charge is -2.29. The zero-order valence-electron chi connectivity index (χ0n) is 15.6. The van der Waals surface area contributed by atoms with Gasteiger partial charge in [0.2, 0.25) is 0 Å². The number of halogens is 1. The molecule has 0 aromatic carbocycles. The molecule has 0 amide bonds. The number of hydrogen-bond donors (Lipinski definition) is 0. The lowest BCUT2D eigenvalue weighted by atomic mass is 9.86. The number of rotatable bonds is 7. The third-order valence-corrected chi connectivity index (χ3v) is 4.54. The molecule has 1 saturated carbocycles. The summed E-state index contributed by atoms with van der Waals surface area (Å²) < 4.78 is 30.8. The highest BCUT2D eigenvalue weighted by molar-refractivity contribution is 5.74. The van der Waals surface area contributed by atoms with Crippen molar-refractivity contribution in [2.75, 3.05) is 20.8 Å². The molecular formula is C18H33FO4. The summed E-state index contributed by atoms with van der Waals surface area (Å²) in [5.41, 5.74) is -0.545. The molecule has 0 aliphatic heterocycles. The summed E-state index contributed by atoms with van der Waals surface area (Å²) in [6.45, 7) is 9.77. The van der Waals surface area contributed by atoms with Crippen molar-refractivity contribution in [2.24, 2.45) is 23.7 Å². The fourth-order valence-electron chi connectivity index (χ4n) is 3.44. The molecule has 5 atom stereocenters. The molecule has 5 heteroatoms. The number of methoxy groups -OCH3 is 2. The SMILES string of the molecule is COCC1CC(C(=O)OC(C)(C)C)C(CC(F)C(C)C)C1OC. The van der Waals surface area contributed by atoms with Gasteiger partial charge in [-0.3, -0.25) is 4.79 Å². The summed E-state index contributed by atoms with van der Waals surface area (Å²) in [6.07, 6.45) is -0.190. The van der Waals surface area contributed by atoms with E-state index in [-0.39, 0.29) is 35.7 Å². The second-order valence-corrected chi connectivity index (χ2v) is 7.95. The number of ether oxygens (including phenoxy) is 3. The van der Waals surface area contributed by atoms with Gasteiger partial charge in [0.15, 0.2) is 0 Å². The largest absolute Gasteiger partial charge is 0.460 e. The highest BCUT2D eigenvalue weighted by atomic mass is 19.1. The van der Waals surface area contributed by atoms with Crippen LogP contribution in [0.25, 0.3) is 0 Å². The lowest BCUT2D eigenvalue weighted by Crippen LogP contribution is -2.35. The van der Waals surface area contributed by atoms with Crippen LogP contribution in [0.15, 0.2) is 0 Å². The fraction of sp³-hybridized carbons (Fsp3) is 0.944. The van der Waals surface area contributed by atoms with E-state index in [1.54, 1.807) is 14.2 Å². The van der Waals surface area contributed by atoms with E-state index in [1.807, 2.05) is 34.6 Å². The minimum absolute atomic E-state index is 0.0757. The third-order valence-electron chi connectivity index (χ3n) is 4.54. The number of esters is 1. The molecule has 23 heavy (non-hydrogen) atoms. The van der Waals surface area contributed by atoms with Crippen LogP contribution in [0.4, 0.5) is 4.39 Å². The summed E-state index contributed by atoms with van der Waals surface area (Å²) in [6, 6.07) is 0. The molecule has 0 radical (unpaired) electrons. The van der Waals surface area contributed by atoms with Crippen LogP contribution in [0.3, 0.4) is 0 Å². The molecule has 4 nitrogen and oxygen atoms in total. The minimum Gasteiger partial charge on any atom is -0.460 e. The Morgan fingerprint density at radius 3 is 2.30 bits per heavy atom. The first-order valence-electron chi connectivity index (χ1n) is 8.49. The molecule has 0 aromatic heterocycles. The predicted molar refractivity (Wildman–Crippen MR) is 88.0 cm³/mol. The summed E-state index contributed by atoms with van der Waals surface area (Å²) in [5.74, 6) is -0.747. The van der Waals surface area contributed by atoms with E-state index in [0.29, 0.717) is 19.4 Å². The van der Waals surface area contributed by atoms with Crippen molar-refractivity contribution in [3.05, 3.63) is 0 Å². The first-order chi connectivity index (χ1) is 10.6. The van der Waals surface area contributed by atoms with Gasteiger partial charge >= 0.3 is 5.97 Å². The van der Waals surface area contributed by atoms with Crippen LogP contribution in [0.2, 0.25) is 0 Å². The quantitative estimate of drug-likeness (QED) is 0.668. The van der Waals surface area contributed by atoms with Gasteiger partial charge < -0.3 is 14.2 Å². The maximum Gasteiger partial charge on any atom is 0.309 e. The molecule has 1 rings (SSSR count). The van der Waals surface area contributed by atoms with Crippen LogP contribution >= 0.6 is 0 Å². The molecule has 1 aliphatic rings. The van der Waals surface area contributed by atoms with Gasteiger partial charge in [-0.05, 0) is 39.5 Å². The van der Waals surface area contributed by atoms with Crippen molar-refractivity contribution < 1.29 is 23.4 Å². The zero-order chi connectivity index (χ0) is 17.8. The number of hydrogen-bond acceptors (Lipinski definition) is 4. The van der Waals surface area contributed by atoms with Gasteiger partial charge in [0.05, 0.1) is 18.6 Å². The van der Waals surface area contributed by atoms with Crippen molar-refractivity contribution in [1.29, 1.82) is 0 Å². The summed E-state index contributed by atoms with van der Waals surface area (Å²) >= 11 is 0. The minimum atomic E-state index is -0.955. The average Bonchev–Trinajstić information content (AvgIpc) is 2.75. The van der Waals surface area contributed by atoms with E-state index in [9.17, 15) is 9.18 Å². The van der Waals surface area contributed by atoms with Gasteiger partial charge in [-0.2, -0.15) is 0 Å². The topological polar surface area (TPSA) is 44.8 Å². The van der Waals surface area contributed by atoms with Crippen molar-refractivity contribution in [2.45, 2.75) is 65.3 Å². The van der Waals surface area contributed by atoms with Crippen LogP contribution < -0.4 is 0 Å². The summed E-state index contributed by atoms with van der Waals surface area (Å²) in [7, 11) is 3.26. The smallest absolute Gasteiger partial charge is 0.309 e. The maximum atomic E-state index is 14.3. The Kier molecular flexibility index (Phi) is 7.46. The van der Waals surface area contributed by atoms with Crippen molar-refractivity contribution in [3.8, 4) is 0 Å². The zero-order valence-corrected chi connectivity index (χ0v) is 15.6. The third kappa shape index (κ3) is 5.71. The second kappa shape index (κ2) is 8.43. The Hall–Kier alpha value is -0.680. The van der Waals surface area contributed by atoms with Crippen LogP contribution in [-0.4, -0.2) is 44.7 Å². The molecule has 0 aromatic rings. The monoisotopic (exact) mass is 332 g/mol. The maximum absolute atomic E-state index is 14.3. The predicted octanol–water partition coefficient (Wildman–Crippen LogP) is 3.63. The van der Waals surface area contributed by atoms with E-state index in [4.69, 9.17) is 14.2 Å². The Morgan fingerprint density at radius 1 is 1.26 bits per heavy atom. The highest BCUT2D eigenvalue weighted by Crippen LogP contribution is 2.43. The summed E-state index contributed by atoms with van der Waals surface area (Å²) in [4.78, 5) is 12.6. The molecule has 0 bridgehead atoms. The molecule has 5 unspecified atom stereocenters. The Morgan fingerprint density at radius 2 is 1.87 bits per heavy atom. The van der Waals surface area contributed by atoms with Gasteiger partial charge in [0.25, 0.3) is 0 Å². The van der Waals surface area contributed by atoms with Crippen LogP contribution in [0, 0.1) is 23.7 Å². The van der Waals surface area contributed by atoms with E-state index >= 15 is 0 Å². The first kappa shape index (κ1) is 20.4. The van der Waals surface area contributed by atoms with Gasteiger partial charge in [-0.1, -0.05) is 13.8 Å². The molecule has 0 heterocycles. The Labute approximate surface area is 140 Å². The molecule has 0 saturated heterocycles. The molecule has 0 spiro atoms. The number of alkyl halides is 1. The van der Waals surface area contributed by atoms with Crippen molar-refractivity contribution >= 4 is 5.97 Å². The molecule has 1 aliphatic carbocycles. The van der Waals surface area contributed by atoms with Gasteiger partial charge in [0, 0.05) is 26.1 Å². The Bertz CT molecular complexity index is 378. The number of carbonyl (C=O) groups is 1. The average molecular weight is 332 g/mol. The van der Waals surface area contributed by atoms with Crippen molar-refractivity contribution in [3.63, 3.8) is 0 Å². The van der Waals surface area contributed by atoms with Crippen molar-refractivity contribution in [1.82, 2.24) is 0 Å². The standard InChI is InChI=1S/C18H33FO4/c1-11(2)15(19)9-13-14(17(20)23-18(3,4)5)8-12(10-21-6)16(13)22-7/h11-16H,8-10H2,1-7H3. The normalized spacial score (nSPS) is 29.8. The van der Waals surface area contributed by atoms with E-state index in [2.05, 4.69) is 0 Å². The van der Waals surface area contributed by atoms with E-state index in [0.717, 1.165) is 0 Å². The van der Waals surface area contributed by atoms with Crippen LogP contribution in [-0.2, 0) is 19.0 Å². The second-order valence-electron chi connectivity index (χ2n) is 7.95. The molecular weight excluding hydrogens is 299 g/mol. The molecule has 136 valence electrons. The van der Waals surface area contributed by atoms with Gasteiger partial charge in [-0.25, -0.2) is 4.39 Å². The highest BCUT2D eigenvalue weighted by Gasteiger charge is 2.48. The summed E-state index contributed by atoms with van der Waals surface area (Å²) in [5, 5.41) is 0. The van der Waals surface area contributed by atoms with Gasteiger partial charge in [-0.15, -0.1) is 0 Å². The number of carbonyl (C=O) groups excluding carboxylic acids is 1. The van der Waals surface area contributed by atoms with E-state index in [1.165, 1.54) is 0 Å². The molecule has 1 fully saturated rings. The molecule has 0 N–H and O–H groups in total. The first-order valence-corrected chi connectivity index (χ1v) is 8.49. The van der Waals surface area contributed by atoms with Gasteiger partial charge in [0.1, 0.15) is 11.8 Å². The van der Waals surface area contributed by atoms with Crippen LogP contribution in [0.5, 0.6) is 0 Å². The van der Waals surface area contributed by atoms with E-state index < -0.39 is 11.8 Å². The lowest BCUT2D eigenvalue weighted by molar-refractivity contribution is -0.162. The van der Waals surface area contributed by atoms with Crippen LogP contribution in [0.1, 0.15) is 47.5 Å².